The molecule has 2 N–H and O–H groups in total. The fraction of sp³-hybridized carbons (Fsp3) is 1.00. The summed E-state index contributed by atoms with van der Waals surface area (Å²) in [7, 11) is 2.19. The lowest BCUT2D eigenvalue weighted by Crippen LogP contribution is -2.50. The molecule has 0 unspecified atom stereocenters. The molecule has 0 aromatic rings. The van der Waals surface area contributed by atoms with Gasteiger partial charge in [0.15, 0.2) is 0 Å². The van der Waals surface area contributed by atoms with Gasteiger partial charge < -0.3 is 10.6 Å². The van der Waals surface area contributed by atoms with Gasteiger partial charge in [-0.05, 0) is 32.9 Å². The van der Waals surface area contributed by atoms with Gasteiger partial charge in [-0.3, -0.25) is 0 Å². The lowest BCUT2D eigenvalue weighted by Gasteiger charge is -2.36. The summed E-state index contributed by atoms with van der Waals surface area (Å²) in [5, 5.41) is 0. The molecule has 1 aliphatic carbocycles. The molecule has 0 heterocycles. The average molecular weight is 184 g/mol. The molecular formula is C11H24N2. The summed E-state index contributed by atoms with van der Waals surface area (Å²) >= 11 is 0. The second kappa shape index (κ2) is 4.97. The highest BCUT2D eigenvalue weighted by atomic mass is 15.1. The van der Waals surface area contributed by atoms with Crippen molar-refractivity contribution in [3.8, 4) is 0 Å². The Bertz CT molecular complexity index is 139. The lowest BCUT2D eigenvalue weighted by atomic mass is 9.82. The third-order valence-corrected chi connectivity index (χ3v) is 3.04. The first-order chi connectivity index (χ1) is 6.16. The molecule has 0 saturated heterocycles. The number of nitrogens with two attached hydrogens (primary N) is 1. The number of likely N-dealkylation sites (N-methyl/N-ethyl adjacent to an activating group) is 1. The van der Waals surface area contributed by atoms with Gasteiger partial charge >= 0.3 is 0 Å². The van der Waals surface area contributed by atoms with E-state index in [0.29, 0.717) is 0 Å². The summed E-state index contributed by atoms with van der Waals surface area (Å²) in [4.78, 5) is 2.38. The quantitative estimate of drug-likeness (QED) is 0.724. The van der Waals surface area contributed by atoms with Crippen molar-refractivity contribution < 1.29 is 0 Å². The number of hydrogen-bond acceptors (Lipinski definition) is 2. The van der Waals surface area contributed by atoms with Gasteiger partial charge in [-0.2, -0.15) is 0 Å². The molecule has 78 valence electrons. The van der Waals surface area contributed by atoms with E-state index >= 15 is 0 Å². The normalized spacial score (nSPS) is 22.2. The van der Waals surface area contributed by atoms with Crippen LogP contribution in [0.15, 0.2) is 0 Å². The van der Waals surface area contributed by atoms with E-state index in [9.17, 15) is 0 Å². The SMILES string of the molecule is CCCN(C)CC1(N)CCCCC1. The van der Waals surface area contributed by atoms with Crippen LogP contribution in [0.3, 0.4) is 0 Å². The number of hydrogen-bond donors (Lipinski definition) is 1. The fourth-order valence-electron chi connectivity index (χ4n) is 2.41. The molecule has 2 heteroatoms. The van der Waals surface area contributed by atoms with Crippen molar-refractivity contribution in [2.45, 2.75) is 51.0 Å². The van der Waals surface area contributed by atoms with Gasteiger partial charge in [0.2, 0.25) is 0 Å². The van der Waals surface area contributed by atoms with Crippen LogP contribution in [-0.4, -0.2) is 30.6 Å². The van der Waals surface area contributed by atoms with Crippen LogP contribution in [0.25, 0.3) is 0 Å². The molecule has 1 saturated carbocycles. The monoisotopic (exact) mass is 184 g/mol. The van der Waals surface area contributed by atoms with E-state index in [0.717, 1.165) is 6.54 Å². The predicted molar refractivity (Wildman–Crippen MR) is 57.8 cm³/mol. The van der Waals surface area contributed by atoms with Crippen LogP contribution in [0.1, 0.15) is 45.4 Å². The topological polar surface area (TPSA) is 29.3 Å². The summed E-state index contributed by atoms with van der Waals surface area (Å²) < 4.78 is 0. The molecular weight excluding hydrogens is 160 g/mol. The maximum absolute atomic E-state index is 6.35. The van der Waals surface area contributed by atoms with E-state index in [1.54, 1.807) is 0 Å². The predicted octanol–water partition coefficient (Wildman–Crippen LogP) is 1.99. The van der Waals surface area contributed by atoms with Crippen molar-refractivity contribution >= 4 is 0 Å². The molecule has 1 aliphatic rings. The zero-order valence-corrected chi connectivity index (χ0v) is 9.18. The van der Waals surface area contributed by atoms with Crippen molar-refractivity contribution in [3.05, 3.63) is 0 Å². The van der Waals surface area contributed by atoms with Crippen LogP contribution >= 0.6 is 0 Å². The maximum atomic E-state index is 6.35. The van der Waals surface area contributed by atoms with Crippen molar-refractivity contribution in [2.24, 2.45) is 5.73 Å². The zero-order chi connectivity index (χ0) is 9.73. The average Bonchev–Trinajstić information content (AvgIpc) is 2.04. The highest BCUT2D eigenvalue weighted by molar-refractivity contribution is 4.89. The van der Waals surface area contributed by atoms with Crippen molar-refractivity contribution in [2.75, 3.05) is 20.1 Å². The van der Waals surface area contributed by atoms with Crippen molar-refractivity contribution in [1.29, 1.82) is 0 Å². The van der Waals surface area contributed by atoms with Gasteiger partial charge in [0, 0.05) is 12.1 Å². The van der Waals surface area contributed by atoms with Crippen molar-refractivity contribution in [1.82, 2.24) is 4.90 Å². The molecule has 0 aliphatic heterocycles. The summed E-state index contributed by atoms with van der Waals surface area (Å²) in [6.45, 7) is 4.49. The highest BCUT2D eigenvalue weighted by Crippen LogP contribution is 2.26. The Morgan fingerprint density at radius 1 is 1.23 bits per heavy atom. The van der Waals surface area contributed by atoms with Crippen LogP contribution < -0.4 is 5.73 Å². The van der Waals surface area contributed by atoms with Gasteiger partial charge in [0.05, 0.1) is 0 Å². The van der Waals surface area contributed by atoms with Gasteiger partial charge in [0.1, 0.15) is 0 Å². The number of nitrogens with zero attached hydrogens (tertiary/aromatic N) is 1. The molecule has 2 nitrogen and oxygen atoms in total. The minimum absolute atomic E-state index is 0.127. The van der Waals surface area contributed by atoms with Gasteiger partial charge in [-0.1, -0.05) is 26.2 Å². The van der Waals surface area contributed by atoms with E-state index in [4.69, 9.17) is 5.73 Å². The first kappa shape index (κ1) is 11.0. The molecule has 0 amide bonds. The van der Waals surface area contributed by atoms with E-state index < -0.39 is 0 Å². The third kappa shape index (κ3) is 3.65. The van der Waals surface area contributed by atoms with Gasteiger partial charge in [-0.15, -0.1) is 0 Å². The van der Waals surface area contributed by atoms with Gasteiger partial charge in [-0.25, -0.2) is 0 Å². The van der Waals surface area contributed by atoms with Gasteiger partial charge in [0.25, 0.3) is 0 Å². The van der Waals surface area contributed by atoms with Crippen molar-refractivity contribution in [3.63, 3.8) is 0 Å². The Hall–Kier alpha value is -0.0800. The molecule has 0 aromatic heterocycles. The minimum Gasteiger partial charge on any atom is -0.324 e. The summed E-state index contributed by atoms with van der Waals surface area (Å²) in [6.07, 6.45) is 7.72. The fourth-order valence-corrected chi connectivity index (χ4v) is 2.41. The lowest BCUT2D eigenvalue weighted by molar-refractivity contribution is 0.198. The van der Waals surface area contributed by atoms with E-state index in [1.165, 1.54) is 45.1 Å². The van der Waals surface area contributed by atoms with E-state index in [2.05, 4.69) is 18.9 Å². The Kier molecular flexibility index (Phi) is 4.20. The summed E-state index contributed by atoms with van der Waals surface area (Å²) in [6, 6.07) is 0. The third-order valence-electron chi connectivity index (χ3n) is 3.04. The molecule has 0 bridgehead atoms. The zero-order valence-electron chi connectivity index (χ0n) is 9.18. The largest absolute Gasteiger partial charge is 0.324 e. The molecule has 0 radical (unpaired) electrons. The Morgan fingerprint density at radius 2 is 1.85 bits per heavy atom. The molecule has 0 atom stereocenters. The smallest absolute Gasteiger partial charge is 0.0283 e. The molecule has 13 heavy (non-hydrogen) atoms. The maximum Gasteiger partial charge on any atom is 0.0283 e. The molecule has 1 rings (SSSR count). The first-order valence-corrected chi connectivity index (χ1v) is 5.64. The van der Waals surface area contributed by atoms with Crippen LogP contribution in [0.2, 0.25) is 0 Å². The highest BCUT2D eigenvalue weighted by Gasteiger charge is 2.28. The Labute approximate surface area is 82.5 Å². The second-order valence-electron chi connectivity index (χ2n) is 4.66. The number of rotatable bonds is 4. The van der Waals surface area contributed by atoms with Crippen LogP contribution in [0, 0.1) is 0 Å². The molecule has 1 fully saturated rings. The van der Waals surface area contributed by atoms with Crippen LogP contribution in [0.4, 0.5) is 0 Å². The molecule has 0 aromatic carbocycles. The molecule has 0 spiro atoms. The summed E-state index contributed by atoms with van der Waals surface area (Å²) in [5.41, 5.74) is 6.48. The first-order valence-electron chi connectivity index (χ1n) is 5.64. The minimum atomic E-state index is 0.127. The van der Waals surface area contributed by atoms with Crippen LogP contribution in [-0.2, 0) is 0 Å². The van der Waals surface area contributed by atoms with E-state index in [1.807, 2.05) is 0 Å². The standard InChI is InChI=1S/C11H24N2/c1-3-9-13(2)10-11(12)7-5-4-6-8-11/h3-10,12H2,1-2H3. The Morgan fingerprint density at radius 3 is 2.38 bits per heavy atom. The second-order valence-corrected chi connectivity index (χ2v) is 4.66. The van der Waals surface area contributed by atoms with Crippen LogP contribution in [0.5, 0.6) is 0 Å². The van der Waals surface area contributed by atoms with E-state index in [-0.39, 0.29) is 5.54 Å². The summed E-state index contributed by atoms with van der Waals surface area (Å²) in [5.74, 6) is 0. The Balaban J connectivity index is 2.31.